The first-order valence-corrected chi connectivity index (χ1v) is 7.48. The number of aromatic amines is 1. The highest BCUT2D eigenvalue weighted by molar-refractivity contribution is 7.89. The molecule has 1 unspecified atom stereocenters. The van der Waals surface area contributed by atoms with Crippen LogP contribution in [0.5, 0.6) is 0 Å². The van der Waals surface area contributed by atoms with Gasteiger partial charge in [0.25, 0.3) is 10.0 Å². The Morgan fingerprint density at radius 2 is 2.35 bits per heavy atom. The maximum absolute atomic E-state index is 11.9. The fourth-order valence-electron chi connectivity index (χ4n) is 1.49. The highest BCUT2D eigenvalue weighted by atomic mass is 32.2. The quantitative estimate of drug-likeness (QED) is 0.862. The summed E-state index contributed by atoms with van der Waals surface area (Å²) in [4.78, 5) is 1.16. The molecule has 0 spiro atoms. The predicted octanol–water partition coefficient (Wildman–Crippen LogP) is 1.38. The SMILES string of the molecule is CC(Cc1cccs1)NS(=O)(=O)c1ccn[nH]1. The zero-order valence-corrected chi connectivity index (χ0v) is 10.9. The van der Waals surface area contributed by atoms with Crippen LogP contribution in [0.15, 0.2) is 34.8 Å². The summed E-state index contributed by atoms with van der Waals surface area (Å²) >= 11 is 1.62. The minimum Gasteiger partial charge on any atom is -0.266 e. The van der Waals surface area contributed by atoms with Gasteiger partial charge in [0.2, 0.25) is 0 Å². The lowest BCUT2D eigenvalue weighted by Crippen LogP contribution is -2.34. The van der Waals surface area contributed by atoms with Gasteiger partial charge in [-0.3, -0.25) is 5.10 Å². The highest BCUT2D eigenvalue weighted by Gasteiger charge is 2.18. The third kappa shape index (κ3) is 3.15. The molecule has 2 aromatic rings. The molecular formula is C10H13N3O2S2. The van der Waals surface area contributed by atoms with Crippen molar-refractivity contribution in [3.05, 3.63) is 34.7 Å². The summed E-state index contributed by atoms with van der Waals surface area (Å²) in [5.74, 6) is 0. The number of nitrogens with zero attached hydrogens (tertiary/aromatic N) is 1. The number of hydrogen-bond donors (Lipinski definition) is 2. The van der Waals surface area contributed by atoms with E-state index in [-0.39, 0.29) is 11.1 Å². The first-order chi connectivity index (χ1) is 8.08. The van der Waals surface area contributed by atoms with Crippen molar-refractivity contribution in [2.45, 2.75) is 24.4 Å². The average Bonchev–Trinajstić information content (AvgIpc) is 2.87. The summed E-state index contributed by atoms with van der Waals surface area (Å²) in [6, 6.07) is 5.23. The van der Waals surface area contributed by atoms with Crippen LogP contribution in [0.25, 0.3) is 0 Å². The summed E-state index contributed by atoms with van der Waals surface area (Å²) in [6.07, 6.45) is 2.10. The van der Waals surface area contributed by atoms with E-state index in [9.17, 15) is 8.42 Å². The summed E-state index contributed by atoms with van der Waals surface area (Å²) in [6.45, 7) is 1.84. The van der Waals surface area contributed by atoms with Crippen LogP contribution >= 0.6 is 11.3 Å². The van der Waals surface area contributed by atoms with E-state index in [4.69, 9.17) is 0 Å². The number of sulfonamides is 1. The Hall–Kier alpha value is -1.18. The van der Waals surface area contributed by atoms with Crippen molar-refractivity contribution in [3.63, 3.8) is 0 Å². The van der Waals surface area contributed by atoms with Crippen molar-refractivity contribution in [2.24, 2.45) is 0 Å². The number of aromatic nitrogens is 2. The molecule has 5 nitrogen and oxygen atoms in total. The first-order valence-electron chi connectivity index (χ1n) is 5.12. The number of rotatable bonds is 5. The summed E-state index contributed by atoms with van der Waals surface area (Å²) in [5.41, 5.74) is 0. The molecule has 17 heavy (non-hydrogen) atoms. The topological polar surface area (TPSA) is 74.8 Å². The second-order valence-corrected chi connectivity index (χ2v) is 6.44. The smallest absolute Gasteiger partial charge is 0.257 e. The van der Waals surface area contributed by atoms with Crippen LogP contribution in [0.4, 0.5) is 0 Å². The molecule has 0 saturated carbocycles. The molecule has 0 radical (unpaired) electrons. The number of thiophene rings is 1. The Morgan fingerprint density at radius 1 is 1.53 bits per heavy atom. The van der Waals surface area contributed by atoms with Gasteiger partial charge in [-0.1, -0.05) is 6.07 Å². The summed E-state index contributed by atoms with van der Waals surface area (Å²) in [7, 11) is -3.48. The Kier molecular flexibility index (Phi) is 3.60. The summed E-state index contributed by atoms with van der Waals surface area (Å²) < 4.78 is 26.3. The molecule has 0 fully saturated rings. The Labute approximate surface area is 104 Å². The predicted molar refractivity (Wildman–Crippen MR) is 66.4 cm³/mol. The zero-order chi connectivity index (χ0) is 12.3. The second kappa shape index (κ2) is 4.99. The van der Waals surface area contributed by atoms with Crippen LogP contribution in [-0.2, 0) is 16.4 Å². The van der Waals surface area contributed by atoms with Crippen molar-refractivity contribution in [3.8, 4) is 0 Å². The zero-order valence-electron chi connectivity index (χ0n) is 9.25. The van der Waals surface area contributed by atoms with E-state index in [1.54, 1.807) is 11.3 Å². The van der Waals surface area contributed by atoms with E-state index in [0.29, 0.717) is 6.42 Å². The molecule has 0 aliphatic carbocycles. The van der Waals surface area contributed by atoms with Crippen LogP contribution in [0.1, 0.15) is 11.8 Å². The fourth-order valence-corrected chi connectivity index (χ4v) is 3.48. The van der Waals surface area contributed by atoms with Gasteiger partial charge in [0.1, 0.15) is 0 Å². The molecule has 0 amide bonds. The van der Waals surface area contributed by atoms with E-state index in [1.165, 1.54) is 12.3 Å². The molecule has 2 N–H and O–H groups in total. The van der Waals surface area contributed by atoms with Gasteiger partial charge in [-0.25, -0.2) is 13.1 Å². The van der Waals surface area contributed by atoms with Crippen molar-refractivity contribution in [2.75, 3.05) is 0 Å². The standard InChI is InChI=1S/C10H13N3O2S2/c1-8(7-9-3-2-6-16-9)13-17(14,15)10-4-5-11-12-10/h2-6,8,13H,7H2,1H3,(H,11,12). The average molecular weight is 271 g/mol. The van der Waals surface area contributed by atoms with Crippen LogP contribution in [-0.4, -0.2) is 24.7 Å². The van der Waals surface area contributed by atoms with Crippen molar-refractivity contribution in [1.29, 1.82) is 0 Å². The third-order valence-electron chi connectivity index (χ3n) is 2.21. The fraction of sp³-hybridized carbons (Fsp3) is 0.300. The Bertz CT molecular complexity index is 546. The normalized spacial score (nSPS) is 13.7. The minimum atomic E-state index is -3.48. The van der Waals surface area contributed by atoms with Crippen molar-refractivity contribution in [1.82, 2.24) is 14.9 Å². The second-order valence-electron chi connectivity index (χ2n) is 3.73. The van der Waals surface area contributed by atoms with E-state index >= 15 is 0 Å². The number of hydrogen-bond acceptors (Lipinski definition) is 4. The molecule has 0 aliphatic rings. The molecule has 1 atom stereocenters. The highest BCUT2D eigenvalue weighted by Crippen LogP contribution is 2.12. The number of H-pyrrole nitrogens is 1. The Morgan fingerprint density at radius 3 is 2.94 bits per heavy atom. The largest absolute Gasteiger partial charge is 0.266 e. The van der Waals surface area contributed by atoms with Crippen LogP contribution in [0, 0.1) is 0 Å². The van der Waals surface area contributed by atoms with E-state index in [1.807, 2.05) is 24.4 Å². The first kappa shape index (κ1) is 12.3. The minimum absolute atomic E-state index is 0.0931. The van der Waals surface area contributed by atoms with Crippen LogP contribution < -0.4 is 4.72 Å². The van der Waals surface area contributed by atoms with Crippen molar-refractivity contribution < 1.29 is 8.42 Å². The lowest BCUT2D eigenvalue weighted by atomic mass is 10.2. The molecule has 2 heterocycles. The molecule has 7 heteroatoms. The molecule has 92 valence electrons. The van der Waals surface area contributed by atoms with E-state index in [0.717, 1.165) is 4.88 Å². The molecule has 0 saturated heterocycles. The van der Waals surface area contributed by atoms with Gasteiger partial charge in [0.15, 0.2) is 5.03 Å². The van der Waals surface area contributed by atoms with Gasteiger partial charge in [0, 0.05) is 10.9 Å². The van der Waals surface area contributed by atoms with Crippen LogP contribution in [0.2, 0.25) is 0 Å². The molecule has 2 rings (SSSR count). The van der Waals surface area contributed by atoms with Crippen LogP contribution in [0.3, 0.4) is 0 Å². The van der Waals surface area contributed by atoms with Gasteiger partial charge in [-0.2, -0.15) is 5.10 Å². The summed E-state index contributed by atoms with van der Waals surface area (Å²) in [5, 5.41) is 8.14. The van der Waals surface area contributed by atoms with Gasteiger partial charge < -0.3 is 0 Å². The van der Waals surface area contributed by atoms with Gasteiger partial charge >= 0.3 is 0 Å². The van der Waals surface area contributed by atoms with E-state index in [2.05, 4.69) is 14.9 Å². The number of nitrogens with one attached hydrogen (secondary N) is 2. The Balaban J connectivity index is 2.01. The van der Waals surface area contributed by atoms with Gasteiger partial charge in [0.05, 0.1) is 6.20 Å². The molecular weight excluding hydrogens is 258 g/mol. The molecule has 0 aromatic carbocycles. The lowest BCUT2D eigenvalue weighted by molar-refractivity contribution is 0.557. The van der Waals surface area contributed by atoms with E-state index < -0.39 is 10.0 Å². The van der Waals surface area contributed by atoms with Gasteiger partial charge in [-0.05, 0) is 30.9 Å². The lowest BCUT2D eigenvalue weighted by Gasteiger charge is -2.11. The molecule has 0 bridgehead atoms. The van der Waals surface area contributed by atoms with Crippen molar-refractivity contribution >= 4 is 21.4 Å². The van der Waals surface area contributed by atoms with Gasteiger partial charge in [-0.15, -0.1) is 11.3 Å². The maximum atomic E-state index is 11.9. The maximum Gasteiger partial charge on any atom is 0.257 e. The third-order valence-corrected chi connectivity index (χ3v) is 4.63. The monoisotopic (exact) mass is 271 g/mol. The molecule has 0 aliphatic heterocycles. The molecule has 2 aromatic heterocycles.